The topological polar surface area (TPSA) is 94.1 Å². The highest BCUT2D eigenvalue weighted by Gasteiger charge is 2.17. The van der Waals surface area contributed by atoms with Crippen LogP contribution in [0.2, 0.25) is 5.02 Å². The van der Waals surface area contributed by atoms with Crippen molar-refractivity contribution in [3.8, 4) is 28.5 Å². The van der Waals surface area contributed by atoms with Crippen LogP contribution in [-0.2, 0) is 0 Å². The molecule has 2 heterocycles. The van der Waals surface area contributed by atoms with Crippen molar-refractivity contribution in [1.82, 2.24) is 10.4 Å². The smallest absolute Gasteiger partial charge is 0.271 e. The SMILES string of the molecule is COc1cc2c(cc1/C=N/NC(=O)c1ccc(-c3csc(Nc4ccc(Cl)cc4)n3)cc1)OCO2. The van der Waals surface area contributed by atoms with E-state index in [9.17, 15) is 4.79 Å². The van der Waals surface area contributed by atoms with Gasteiger partial charge in [-0.3, -0.25) is 4.79 Å². The first kappa shape index (κ1) is 22.7. The van der Waals surface area contributed by atoms with Crippen LogP contribution in [0.4, 0.5) is 10.8 Å². The number of hydrogen-bond donors (Lipinski definition) is 2. The lowest BCUT2D eigenvalue weighted by atomic mass is 10.1. The van der Waals surface area contributed by atoms with Gasteiger partial charge in [0.25, 0.3) is 5.91 Å². The molecule has 0 aliphatic carbocycles. The molecule has 0 fully saturated rings. The molecule has 176 valence electrons. The Balaban J connectivity index is 1.22. The second kappa shape index (κ2) is 10.0. The third kappa shape index (κ3) is 5.21. The largest absolute Gasteiger partial charge is 0.496 e. The summed E-state index contributed by atoms with van der Waals surface area (Å²) in [6.07, 6.45) is 1.50. The van der Waals surface area contributed by atoms with Crippen LogP contribution in [0.1, 0.15) is 15.9 Å². The van der Waals surface area contributed by atoms with E-state index in [1.165, 1.54) is 17.6 Å². The van der Waals surface area contributed by atoms with Crippen LogP contribution in [0.3, 0.4) is 0 Å². The van der Waals surface area contributed by atoms with Gasteiger partial charge in [-0.25, -0.2) is 10.4 Å². The van der Waals surface area contributed by atoms with Crippen molar-refractivity contribution in [2.24, 2.45) is 5.10 Å². The molecule has 35 heavy (non-hydrogen) atoms. The molecule has 0 saturated heterocycles. The summed E-state index contributed by atoms with van der Waals surface area (Å²) < 4.78 is 16.1. The molecule has 0 saturated carbocycles. The van der Waals surface area contributed by atoms with E-state index >= 15 is 0 Å². The number of anilines is 2. The third-order valence-corrected chi connectivity index (χ3v) is 6.15. The fourth-order valence-electron chi connectivity index (χ4n) is 3.35. The number of hydrazone groups is 1. The molecule has 0 unspecified atom stereocenters. The Labute approximate surface area is 210 Å². The number of methoxy groups -OCH3 is 1. The number of thiazole rings is 1. The van der Waals surface area contributed by atoms with Gasteiger partial charge in [0.1, 0.15) is 5.75 Å². The van der Waals surface area contributed by atoms with Gasteiger partial charge >= 0.3 is 0 Å². The van der Waals surface area contributed by atoms with Gasteiger partial charge in [0.05, 0.1) is 19.0 Å². The van der Waals surface area contributed by atoms with E-state index in [4.69, 9.17) is 25.8 Å². The number of carbonyl (C=O) groups excluding carboxylic acids is 1. The van der Waals surface area contributed by atoms with Crippen LogP contribution in [0.15, 0.2) is 71.1 Å². The van der Waals surface area contributed by atoms with E-state index in [0.717, 1.165) is 22.1 Å². The molecule has 0 bridgehead atoms. The van der Waals surface area contributed by atoms with Gasteiger partial charge in [0.2, 0.25) is 6.79 Å². The number of nitrogens with one attached hydrogen (secondary N) is 2. The van der Waals surface area contributed by atoms with Crippen molar-refractivity contribution in [2.75, 3.05) is 19.2 Å². The normalized spacial score (nSPS) is 12.1. The standard InChI is InChI=1S/C25H19ClN4O4S/c1-32-21-11-23-22(33-14-34-23)10-17(21)12-27-30-24(31)16-4-2-15(3-5-16)20-13-35-25(29-20)28-19-8-6-18(26)7-9-19/h2-13H,14H2,1H3,(H,28,29)(H,30,31)/b27-12+. The highest BCUT2D eigenvalue weighted by molar-refractivity contribution is 7.14. The summed E-state index contributed by atoms with van der Waals surface area (Å²) in [5.74, 6) is 1.43. The zero-order chi connectivity index (χ0) is 24.2. The van der Waals surface area contributed by atoms with Gasteiger partial charge < -0.3 is 19.5 Å². The summed E-state index contributed by atoms with van der Waals surface area (Å²) in [6, 6.07) is 18.0. The third-order valence-electron chi connectivity index (χ3n) is 5.14. The van der Waals surface area contributed by atoms with Crippen LogP contribution in [0.25, 0.3) is 11.3 Å². The lowest BCUT2D eigenvalue weighted by molar-refractivity contribution is 0.0955. The Hall–Kier alpha value is -4.08. The van der Waals surface area contributed by atoms with Crippen molar-refractivity contribution in [3.05, 3.63) is 82.2 Å². The van der Waals surface area contributed by atoms with E-state index in [0.29, 0.717) is 33.4 Å². The van der Waals surface area contributed by atoms with Gasteiger partial charge in [-0.2, -0.15) is 5.10 Å². The molecule has 0 atom stereocenters. The average molecular weight is 507 g/mol. The maximum atomic E-state index is 12.5. The molecular formula is C25H19ClN4O4S. The van der Waals surface area contributed by atoms with E-state index < -0.39 is 0 Å². The van der Waals surface area contributed by atoms with Crippen LogP contribution in [0, 0.1) is 0 Å². The first-order valence-electron chi connectivity index (χ1n) is 10.5. The number of fused-ring (bicyclic) bond motifs is 1. The van der Waals surface area contributed by atoms with Gasteiger partial charge in [0.15, 0.2) is 16.6 Å². The molecule has 0 radical (unpaired) electrons. The summed E-state index contributed by atoms with van der Waals surface area (Å²) in [4.78, 5) is 17.1. The number of carbonyl (C=O) groups is 1. The number of halogens is 1. The fourth-order valence-corrected chi connectivity index (χ4v) is 4.22. The van der Waals surface area contributed by atoms with Crippen molar-refractivity contribution in [1.29, 1.82) is 0 Å². The van der Waals surface area contributed by atoms with Crippen LogP contribution >= 0.6 is 22.9 Å². The second-order valence-electron chi connectivity index (χ2n) is 7.39. The average Bonchev–Trinajstić information content (AvgIpc) is 3.54. The van der Waals surface area contributed by atoms with Crippen LogP contribution in [-0.4, -0.2) is 31.0 Å². The molecule has 2 N–H and O–H groups in total. The van der Waals surface area contributed by atoms with Gasteiger partial charge in [-0.15, -0.1) is 11.3 Å². The summed E-state index contributed by atoms with van der Waals surface area (Å²) in [5.41, 5.74) is 6.27. The van der Waals surface area contributed by atoms with Gasteiger partial charge in [0, 0.05) is 38.8 Å². The number of nitrogens with zero attached hydrogens (tertiary/aromatic N) is 2. The molecule has 1 aromatic heterocycles. The predicted molar refractivity (Wildman–Crippen MR) is 136 cm³/mol. The Morgan fingerprint density at radius 2 is 1.86 bits per heavy atom. The summed E-state index contributed by atoms with van der Waals surface area (Å²) in [6.45, 7) is 0.160. The molecule has 1 aliphatic heterocycles. The van der Waals surface area contributed by atoms with Gasteiger partial charge in [-0.05, 0) is 42.5 Å². The summed E-state index contributed by atoms with van der Waals surface area (Å²) in [5, 5.41) is 10.7. The highest BCUT2D eigenvalue weighted by Crippen LogP contribution is 2.37. The van der Waals surface area contributed by atoms with E-state index in [2.05, 4.69) is 20.8 Å². The quantitative estimate of drug-likeness (QED) is 0.246. The van der Waals surface area contributed by atoms with Gasteiger partial charge in [-0.1, -0.05) is 23.7 Å². The minimum absolute atomic E-state index is 0.160. The first-order chi connectivity index (χ1) is 17.1. The monoisotopic (exact) mass is 506 g/mol. The Kier molecular flexibility index (Phi) is 6.51. The number of amides is 1. The number of ether oxygens (including phenoxy) is 3. The lowest BCUT2D eigenvalue weighted by Crippen LogP contribution is -2.17. The molecule has 3 aromatic carbocycles. The van der Waals surface area contributed by atoms with E-state index in [1.54, 1.807) is 31.4 Å². The number of hydrogen-bond acceptors (Lipinski definition) is 8. The van der Waals surface area contributed by atoms with Crippen LogP contribution in [0.5, 0.6) is 17.2 Å². The molecule has 1 amide bonds. The van der Waals surface area contributed by atoms with E-state index in [-0.39, 0.29) is 12.7 Å². The van der Waals surface area contributed by atoms with Crippen molar-refractivity contribution < 1.29 is 19.0 Å². The molecule has 10 heteroatoms. The predicted octanol–water partition coefficient (Wildman–Crippen LogP) is 5.71. The minimum Gasteiger partial charge on any atom is -0.496 e. The maximum Gasteiger partial charge on any atom is 0.271 e. The number of benzene rings is 3. The number of rotatable bonds is 7. The zero-order valence-electron chi connectivity index (χ0n) is 18.4. The van der Waals surface area contributed by atoms with Crippen molar-refractivity contribution in [2.45, 2.75) is 0 Å². The summed E-state index contributed by atoms with van der Waals surface area (Å²) >= 11 is 7.42. The molecule has 5 rings (SSSR count). The van der Waals surface area contributed by atoms with Crippen LogP contribution < -0.4 is 25.0 Å². The number of aromatic nitrogens is 1. The van der Waals surface area contributed by atoms with E-state index in [1.807, 2.05) is 41.8 Å². The van der Waals surface area contributed by atoms with Crippen molar-refractivity contribution >= 4 is 45.9 Å². The first-order valence-corrected chi connectivity index (χ1v) is 11.7. The molecule has 0 spiro atoms. The Morgan fingerprint density at radius 1 is 1.11 bits per heavy atom. The maximum absolute atomic E-state index is 12.5. The molecule has 1 aliphatic rings. The zero-order valence-corrected chi connectivity index (χ0v) is 20.0. The fraction of sp³-hybridized carbons (Fsp3) is 0.0800. The molecule has 4 aromatic rings. The lowest BCUT2D eigenvalue weighted by Gasteiger charge is -2.06. The second-order valence-corrected chi connectivity index (χ2v) is 8.69. The Bertz CT molecular complexity index is 1390. The minimum atomic E-state index is -0.337. The summed E-state index contributed by atoms with van der Waals surface area (Å²) in [7, 11) is 1.55. The van der Waals surface area contributed by atoms with Crippen molar-refractivity contribution in [3.63, 3.8) is 0 Å². The Morgan fingerprint density at radius 3 is 2.60 bits per heavy atom. The molecular weight excluding hydrogens is 488 g/mol. The highest BCUT2D eigenvalue weighted by atomic mass is 35.5. The molecule has 8 nitrogen and oxygen atoms in total.